The van der Waals surface area contributed by atoms with Crippen molar-refractivity contribution in [2.75, 3.05) is 5.75 Å². The molecule has 0 heterocycles. The van der Waals surface area contributed by atoms with Gasteiger partial charge >= 0.3 is 5.97 Å². The molecule has 7 nitrogen and oxygen atoms in total. The summed E-state index contributed by atoms with van der Waals surface area (Å²) in [5.41, 5.74) is 4.75. The van der Waals surface area contributed by atoms with Gasteiger partial charge in [-0.05, 0) is 6.92 Å². The molecule has 1 unspecified atom stereocenters. The highest BCUT2D eigenvalue weighted by atomic mass is 32.2. The molecule has 8 heteroatoms. The number of aliphatic carboxylic acids is 1. The first kappa shape index (κ1) is 12.8. The van der Waals surface area contributed by atoms with Gasteiger partial charge in [0.2, 0.25) is 15.9 Å². The molecule has 0 spiro atoms. The lowest BCUT2D eigenvalue weighted by molar-refractivity contribution is -0.140. The van der Waals surface area contributed by atoms with E-state index >= 15 is 0 Å². The third-order valence-corrected chi connectivity index (χ3v) is 2.81. The normalized spacial score (nSPS) is 13.5. The van der Waals surface area contributed by atoms with Gasteiger partial charge < -0.3 is 10.8 Å². The Hall–Kier alpha value is -1.15. The summed E-state index contributed by atoms with van der Waals surface area (Å²) in [5, 5.41) is 8.55. The Morgan fingerprint density at radius 3 is 2.29 bits per heavy atom. The van der Waals surface area contributed by atoms with Gasteiger partial charge in [0.1, 0.15) is 6.04 Å². The van der Waals surface area contributed by atoms with Gasteiger partial charge in [0.15, 0.2) is 0 Å². The third kappa shape index (κ3) is 4.77. The highest BCUT2D eigenvalue weighted by Crippen LogP contribution is 1.95. The van der Waals surface area contributed by atoms with Crippen molar-refractivity contribution in [3.63, 3.8) is 0 Å². The molecule has 0 rings (SSSR count). The molecule has 0 saturated carbocycles. The first-order valence-electron chi connectivity index (χ1n) is 3.79. The van der Waals surface area contributed by atoms with Crippen molar-refractivity contribution in [1.29, 1.82) is 0 Å². The van der Waals surface area contributed by atoms with E-state index in [1.807, 2.05) is 4.72 Å². The quantitative estimate of drug-likeness (QED) is 0.493. The van der Waals surface area contributed by atoms with Gasteiger partial charge in [0.05, 0.1) is 12.2 Å². The molecule has 0 aliphatic heterocycles. The zero-order valence-corrected chi connectivity index (χ0v) is 8.37. The molecule has 0 aromatic carbocycles. The molecule has 0 aromatic rings. The number of nitrogens with one attached hydrogen (secondary N) is 1. The van der Waals surface area contributed by atoms with Crippen LogP contribution in [0.1, 0.15) is 13.3 Å². The summed E-state index contributed by atoms with van der Waals surface area (Å²) in [4.78, 5) is 20.9. The van der Waals surface area contributed by atoms with E-state index in [1.54, 1.807) is 0 Å². The van der Waals surface area contributed by atoms with Crippen LogP contribution in [-0.2, 0) is 19.6 Å². The minimum atomic E-state index is -3.65. The van der Waals surface area contributed by atoms with E-state index in [1.165, 1.54) is 6.92 Å². The summed E-state index contributed by atoms with van der Waals surface area (Å²) in [6, 6.07) is -1.49. The van der Waals surface area contributed by atoms with Crippen LogP contribution in [0.5, 0.6) is 0 Å². The maximum absolute atomic E-state index is 11.0. The molecule has 1 amide bonds. The Morgan fingerprint density at radius 2 is 2.00 bits per heavy atom. The average Bonchev–Trinajstić information content (AvgIpc) is 2.02. The average molecular weight is 224 g/mol. The number of carboxylic acid groups (broad SMARTS) is 1. The van der Waals surface area contributed by atoms with Gasteiger partial charge in [-0.2, -0.15) is 0 Å². The number of hydrogen-bond acceptors (Lipinski definition) is 4. The number of sulfonamides is 1. The maximum Gasteiger partial charge on any atom is 0.322 e. The van der Waals surface area contributed by atoms with Crippen LogP contribution in [0.4, 0.5) is 0 Å². The van der Waals surface area contributed by atoms with Gasteiger partial charge in [-0.3, -0.25) is 9.59 Å². The van der Waals surface area contributed by atoms with Gasteiger partial charge in [0.25, 0.3) is 0 Å². The van der Waals surface area contributed by atoms with E-state index in [4.69, 9.17) is 10.8 Å². The van der Waals surface area contributed by atoms with E-state index in [-0.39, 0.29) is 5.75 Å². The molecule has 0 aliphatic carbocycles. The van der Waals surface area contributed by atoms with Gasteiger partial charge in [-0.15, -0.1) is 0 Å². The summed E-state index contributed by atoms with van der Waals surface area (Å²) in [6.07, 6.45) is -0.561. The van der Waals surface area contributed by atoms with Crippen molar-refractivity contribution in [3.05, 3.63) is 0 Å². The van der Waals surface area contributed by atoms with Crippen LogP contribution in [0.3, 0.4) is 0 Å². The molecule has 82 valence electrons. The number of carbonyl (C=O) groups excluding carboxylic acids is 1. The Balaban J connectivity index is 4.54. The second-order valence-electron chi connectivity index (χ2n) is 2.58. The summed E-state index contributed by atoms with van der Waals surface area (Å²) in [7, 11) is -3.65. The van der Waals surface area contributed by atoms with Gasteiger partial charge in [-0.1, -0.05) is 0 Å². The standard InChI is InChI=1S/C6H12N2O5S/c1-2-14(12,13)8-4(6(10)11)3-5(7)9/h4,8H,2-3H2,1H3,(H2,7,9)(H,10,11). The van der Waals surface area contributed by atoms with Crippen LogP contribution in [0.2, 0.25) is 0 Å². The Labute approximate surface area is 81.3 Å². The maximum atomic E-state index is 11.0. The Kier molecular flexibility index (Phi) is 4.51. The fourth-order valence-electron chi connectivity index (χ4n) is 0.681. The lowest BCUT2D eigenvalue weighted by atomic mass is 10.2. The molecule has 0 aromatic heterocycles. The van der Waals surface area contributed by atoms with E-state index in [0.29, 0.717) is 0 Å². The van der Waals surface area contributed by atoms with Crippen LogP contribution in [0, 0.1) is 0 Å². The number of amides is 1. The highest BCUT2D eigenvalue weighted by Gasteiger charge is 2.24. The van der Waals surface area contributed by atoms with E-state index < -0.39 is 34.4 Å². The Morgan fingerprint density at radius 1 is 1.50 bits per heavy atom. The summed E-state index contributed by atoms with van der Waals surface area (Å²) in [6.45, 7) is 1.35. The molecule has 0 saturated heterocycles. The molecule has 0 aliphatic rings. The number of carbonyl (C=O) groups is 2. The van der Waals surface area contributed by atoms with Crippen molar-refractivity contribution in [2.45, 2.75) is 19.4 Å². The number of primary amides is 1. The van der Waals surface area contributed by atoms with Crippen LogP contribution in [0.25, 0.3) is 0 Å². The van der Waals surface area contributed by atoms with E-state index in [2.05, 4.69) is 0 Å². The zero-order valence-electron chi connectivity index (χ0n) is 7.56. The topological polar surface area (TPSA) is 127 Å². The fraction of sp³-hybridized carbons (Fsp3) is 0.667. The molecular formula is C6H12N2O5S. The number of carboxylic acids is 1. The minimum Gasteiger partial charge on any atom is -0.480 e. The minimum absolute atomic E-state index is 0.254. The first-order chi connectivity index (χ1) is 6.28. The molecule has 0 radical (unpaired) electrons. The second kappa shape index (κ2) is 4.91. The summed E-state index contributed by atoms with van der Waals surface area (Å²) in [5.74, 6) is -2.56. The first-order valence-corrected chi connectivity index (χ1v) is 5.45. The van der Waals surface area contributed by atoms with Crippen molar-refractivity contribution in [3.8, 4) is 0 Å². The highest BCUT2D eigenvalue weighted by molar-refractivity contribution is 7.89. The van der Waals surface area contributed by atoms with Crippen molar-refractivity contribution >= 4 is 21.9 Å². The van der Waals surface area contributed by atoms with E-state index in [9.17, 15) is 18.0 Å². The molecule has 14 heavy (non-hydrogen) atoms. The van der Waals surface area contributed by atoms with E-state index in [0.717, 1.165) is 0 Å². The lowest BCUT2D eigenvalue weighted by Crippen LogP contribution is -2.43. The molecule has 1 atom stereocenters. The van der Waals surface area contributed by atoms with Crippen molar-refractivity contribution in [1.82, 2.24) is 4.72 Å². The largest absolute Gasteiger partial charge is 0.480 e. The van der Waals surface area contributed by atoms with Crippen LogP contribution in [0.15, 0.2) is 0 Å². The third-order valence-electron chi connectivity index (χ3n) is 1.41. The number of nitrogens with two attached hydrogens (primary N) is 1. The van der Waals surface area contributed by atoms with Gasteiger partial charge in [-0.25, -0.2) is 13.1 Å². The van der Waals surface area contributed by atoms with Crippen molar-refractivity contribution < 1.29 is 23.1 Å². The zero-order chi connectivity index (χ0) is 11.4. The molecule has 4 N–H and O–H groups in total. The SMILES string of the molecule is CCS(=O)(=O)NC(CC(N)=O)C(=O)O. The van der Waals surface area contributed by atoms with Crippen LogP contribution < -0.4 is 10.5 Å². The molecular weight excluding hydrogens is 212 g/mol. The van der Waals surface area contributed by atoms with Gasteiger partial charge in [0, 0.05) is 0 Å². The Bertz CT molecular complexity index is 323. The smallest absolute Gasteiger partial charge is 0.322 e. The molecule has 0 fully saturated rings. The predicted octanol–water partition coefficient (Wildman–Crippen LogP) is -1.75. The number of rotatable bonds is 6. The second-order valence-corrected chi connectivity index (χ2v) is 4.63. The monoisotopic (exact) mass is 224 g/mol. The summed E-state index contributed by atoms with van der Waals surface area (Å²) >= 11 is 0. The molecule has 0 bridgehead atoms. The van der Waals surface area contributed by atoms with Crippen LogP contribution in [-0.4, -0.2) is 37.2 Å². The summed E-state index contributed by atoms with van der Waals surface area (Å²) < 4.78 is 23.8. The predicted molar refractivity (Wildman–Crippen MR) is 47.8 cm³/mol. The van der Waals surface area contributed by atoms with Crippen molar-refractivity contribution in [2.24, 2.45) is 5.73 Å². The lowest BCUT2D eigenvalue weighted by Gasteiger charge is -2.11. The fourth-order valence-corrected chi connectivity index (χ4v) is 1.46. The van der Waals surface area contributed by atoms with Crippen LogP contribution >= 0.6 is 0 Å². The number of hydrogen-bond donors (Lipinski definition) is 3.